The molecular weight excluding hydrogens is 482 g/mol. The Morgan fingerprint density at radius 2 is 1.94 bits per heavy atom. The number of alkyl halides is 3. The Morgan fingerprint density at radius 3 is 2.69 bits per heavy atom. The molecule has 2 N–H and O–H groups in total. The van der Waals surface area contributed by atoms with Crippen LogP contribution in [0.1, 0.15) is 28.0 Å². The van der Waals surface area contributed by atoms with Crippen LogP contribution in [-0.4, -0.2) is 48.4 Å². The Hall–Kier alpha value is -3.31. The van der Waals surface area contributed by atoms with Crippen molar-refractivity contribution < 1.29 is 22.7 Å². The van der Waals surface area contributed by atoms with E-state index in [9.17, 15) is 22.7 Å². The number of hydrogen-bond donors (Lipinski definition) is 2. The van der Waals surface area contributed by atoms with Gasteiger partial charge in [0.2, 0.25) is 5.88 Å². The van der Waals surface area contributed by atoms with Crippen LogP contribution in [-0.2, 0) is 12.6 Å². The minimum absolute atomic E-state index is 0.110. The Bertz CT molecular complexity index is 1380. The van der Waals surface area contributed by atoms with Gasteiger partial charge in [-0.25, -0.2) is 4.39 Å². The van der Waals surface area contributed by atoms with Gasteiger partial charge in [-0.1, -0.05) is 23.5 Å². The lowest BCUT2D eigenvalue weighted by atomic mass is 9.96. The number of aromatic nitrogens is 1. The first kappa shape index (κ1) is 24.8. The number of anilines is 1. The average molecular weight is 506 g/mol. The van der Waals surface area contributed by atoms with E-state index in [2.05, 4.69) is 20.5 Å². The van der Waals surface area contributed by atoms with Gasteiger partial charge in [-0.2, -0.15) is 28.4 Å². The number of nitrogens with zero attached hydrogens (tertiary/aromatic N) is 4. The summed E-state index contributed by atoms with van der Waals surface area (Å²) in [6, 6.07) is 7.80. The Balaban J connectivity index is 1.78. The smallest absolute Gasteiger partial charge is 0.416 e. The van der Waals surface area contributed by atoms with Crippen LogP contribution in [0.3, 0.4) is 0 Å². The minimum atomic E-state index is -4.74. The highest BCUT2D eigenvalue weighted by Crippen LogP contribution is 2.38. The van der Waals surface area contributed by atoms with Gasteiger partial charge in [0.15, 0.2) is 5.13 Å². The van der Waals surface area contributed by atoms with E-state index in [-0.39, 0.29) is 17.9 Å². The molecule has 0 radical (unpaired) electrons. The van der Waals surface area contributed by atoms with Crippen molar-refractivity contribution in [3.8, 4) is 5.88 Å². The van der Waals surface area contributed by atoms with Crippen molar-refractivity contribution in [2.75, 3.05) is 32.5 Å². The molecule has 0 saturated heterocycles. The fourth-order valence-corrected chi connectivity index (χ4v) is 4.69. The first-order valence-electron chi connectivity index (χ1n) is 10.8. The van der Waals surface area contributed by atoms with E-state index < -0.39 is 17.6 Å². The molecule has 0 unspecified atom stereocenters. The zero-order valence-electron chi connectivity index (χ0n) is 19.0. The van der Waals surface area contributed by atoms with E-state index in [0.717, 1.165) is 36.4 Å². The van der Waals surface area contributed by atoms with Crippen molar-refractivity contribution in [1.82, 2.24) is 9.88 Å². The SMILES string of the molecule is CN(C)CCCNc1nc(O)c(C(Cc2ccc(F)cc2C(F)(F)F)=c2ccc3c(c2)C=NN=3)s1. The second kappa shape index (κ2) is 10.1. The molecule has 4 rings (SSSR count). The Morgan fingerprint density at radius 1 is 1.14 bits per heavy atom. The van der Waals surface area contributed by atoms with Gasteiger partial charge < -0.3 is 15.3 Å². The Kier molecular flexibility index (Phi) is 7.18. The van der Waals surface area contributed by atoms with Crippen LogP contribution >= 0.6 is 11.3 Å². The van der Waals surface area contributed by atoms with Crippen molar-refractivity contribution in [3.63, 3.8) is 0 Å². The third kappa shape index (κ3) is 5.85. The number of hydrogen-bond acceptors (Lipinski definition) is 7. The maximum atomic E-state index is 13.7. The highest BCUT2D eigenvalue weighted by Gasteiger charge is 2.34. The normalized spacial score (nSPS) is 13.7. The standard InChI is InChI=1S/C24H23F4N5OS/c1-33(2)9-3-8-29-23-31-22(34)21(35-23)18(14-5-7-20-16(10-14)13-30-32-20)11-15-4-6-17(25)12-19(15)24(26,27)28/h4-7,10,12-13,34H,3,8-9,11H2,1-2H3,(H,29,31). The molecule has 6 nitrogen and oxygen atoms in total. The topological polar surface area (TPSA) is 73.1 Å². The van der Waals surface area contributed by atoms with Crippen LogP contribution in [0.5, 0.6) is 5.88 Å². The number of thiazole rings is 1. The van der Waals surface area contributed by atoms with Crippen LogP contribution in [0.25, 0.3) is 5.57 Å². The summed E-state index contributed by atoms with van der Waals surface area (Å²) in [6.07, 6.45) is -2.53. The molecule has 184 valence electrons. The van der Waals surface area contributed by atoms with Gasteiger partial charge in [-0.15, -0.1) is 0 Å². The van der Waals surface area contributed by atoms with Gasteiger partial charge >= 0.3 is 6.18 Å². The Labute approximate surface area is 203 Å². The molecule has 0 saturated carbocycles. The molecule has 1 aromatic heterocycles. The van der Waals surface area contributed by atoms with Gasteiger partial charge in [-0.05, 0) is 67.7 Å². The van der Waals surface area contributed by atoms with E-state index in [1.807, 2.05) is 19.0 Å². The van der Waals surface area contributed by atoms with Crippen molar-refractivity contribution in [2.45, 2.75) is 19.0 Å². The molecule has 11 heteroatoms. The van der Waals surface area contributed by atoms with Gasteiger partial charge in [0.25, 0.3) is 0 Å². The predicted octanol–water partition coefficient (Wildman–Crippen LogP) is 3.78. The monoisotopic (exact) mass is 505 g/mol. The van der Waals surface area contributed by atoms with Crippen LogP contribution in [0.4, 0.5) is 22.7 Å². The van der Waals surface area contributed by atoms with Crippen molar-refractivity contribution in [2.24, 2.45) is 10.2 Å². The molecular formula is C24H23F4N5OS. The molecule has 0 bridgehead atoms. The lowest BCUT2D eigenvalue weighted by molar-refractivity contribution is -0.138. The highest BCUT2D eigenvalue weighted by atomic mass is 32.1. The molecule has 35 heavy (non-hydrogen) atoms. The lowest BCUT2D eigenvalue weighted by Gasteiger charge is -2.14. The zero-order chi connectivity index (χ0) is 25.2. The third-order valence-electron chi connectivity index (χ3n) is 5.42. The molecule has 2 heterocycles. The highest BCUT2D eigenvalue weighted by molar-refractivity contribution is 7.16. The number of halogens is 4. The predicted molar refractivity (Wildman–Crippen MR) is 128 cm³/mol. The molecule has 0 fully saturated rings. The molecule has 0 aliphatic carbocycles. The van der Waals surface area contributed by atoms with E-state index in [1.54, 1.807) is 24.4 Å². The van der Waals surface area contributed by atoms with Gasteiger partial charge in [-0.3, -0.25) is 0 Å². The minimum Gasteiger partial charge on any atom is -0.492 e. The van der Waals surface area contributed by atoms with E-state index in [0.29, 0.717) is 44.3 Å². The molecule has 0 spiro atoms. The molecule has 2 aromatic carbocycles. The second-order valence-corrected chi connectivity index (χ2v) is 9.33. The second-order valence-electron chi connectivity index (χ2n) is 8.33. The van der Waals surface area contributed by atoms with Crippen molar-refractivity contribution in [1.29, 1.82) is 0 Å². The number of fused-ring (bicyclic) bond motifs is 1. The summed E-state index contributed by atoms with van der Waals surface area (Å²) in [6.45, 7) is 1.48. The van der Waals surface area contributed by atoms with E-state index in [1.165, 1.54) is 0 Å². The fraction of sp³-hybridized carbons (Fsp3) is 0.292. The molecule has 0 amide bonds. The summed E-state index contributed by atoms with van der Waals surface area (Å²) in [5, 5.41) is 23.4. The number of benzene rings is 2. The van der Waals surface area contributed by atoms with Crippen LogP contribution in [0.2, 0.25) is 0 Å². The summed E-state index contributed by atoms with van der Waals surface area (Å²) < 4.78 is 54.8. The summed E-state index contributed by atoms with van der Waals surface area (Å²) in [7, 11) is 3.93. The molecule has 3 aromatic rings. The van der Waals surface area contributed by atoms with Crippen LogP contribution in [0, 0.1) is 5.82 Å². The van der Waals surface area contributed by atoms with Crippen LogP contribution < -0.4 is 15.9 Å². The van der Waals surface area contributed by atoms with Crippen molar-refractivity contribution in [3.05, 3.63) is 74.4 Å². The summed E-state index contributed by atoms with van der Waals surface area (Å²) >= 11 is 1.16. The maximum absolute atomic E-state index is 13.7. The van der Waals surface area contributed by atoms with Gasteiger partial charge in [0, 0.05) is 18.5 Å². The number of aromatic hydroxyl groups is 1. The first-order valence-corrected chi connectivity index (χ1v) is 11.6. The number of nitrogens with one attached hydrogen (secondary N) is 1. The maximum Gasteiger partial charge on any atom is 0.416 e. The quantitative estimate of drug-likeness (QED) is 0.361. The third-order valence-corrected chi connectivity index (χ3v) is 6.49. The van der Waals surface area contributed by atoms with E-state index >= 15 is 0 Å². The lowest BCUT2D eigenvalue weighted by Crippen LogP contribution is -2.17. The fourth-order valence-electron chi connectivity index (χ4n) is 3.74. The van der Waals surface area contributed by atoms with Crippen molar-refractivity contribution >= 4 is 28.3 Å². The first-order chi connectivity index (χ1) is 16.6. The van der Waals surface area contributed by atoms with Gasteiger partial charge in [0.05, 0.1) is 22.0 Å². The molecule has 0 atom stereocenters. The molecule has 1 aliphatic heterocycles. The van der Waals surface area contributed by atoms with E-state index in [4.69, 9.17) is 0 Å². The summed E-state index contributed by atoms with van der Waals surface area (Å²) in [5.74, 6) is -1.25. The zero-order valence-corrected chi connectivity index (χ0v) is 19.8. The summed E-state index contributed by atoms with van der Waals surface area (Å²) in [4.78, 5) is 6.56. The summed E-state index contributed by atoms with van der Waals surface area (Å²) in [5.41, 5.74) is -0.0254. The average Bonchev–Trinajstić information content (AvgIpc) is 3.41. The largest absolute Gasteiger partial charge is 0.492 e. The van der Waals surface area contributed by atoms with Crippen LogP contribution in [0.15, 0.2) is 46.6 Å². The number of rotatable bonds is 8. The van der Waals surface area contributed by atoms with Gasteiger partial charge in [0.1, 0.15) is 5.82 Å². The molecule has 1 aliphatic rings.